The lowest BCUT2D eigenvalue weighted by Crippen LogP contribution is -2.34. The van der Waals surface area contributed by atoms with Gasteiger partial charge in [-0.05, 0) is 70.2 Å². The molecule has 1 amide bonds. The van der Waals surface area contributed by atoms with Crippen LogP contribution >= 0.6 is 11.3 Å². The molecule has 3 rings (SSSR count). The molecule has 192 valence electrons. The Morgan fingerprint density at radius 2 is 1.94 bits per heavy atom. The van der Waals surface area contributed by atoms with Gasteiger partial charge in [0.15, 0.2) is 6.79 Å². The molecule has 0 saturated heterocycles. The van der Waals surface area contributed by atoms with Crippen molar-refractivity contribution in [3.05, 3.63) is 52.9 Å². The second-order valence-corrected chi connectivity index (χ2v) is 9.15. The first-order valence-electron chi connectivity index (χ1n) is 11.6. The summed E-state index contributed by atoms with van der Waals surface area (Å²) in [6.07, 6.45) is 2.74. The van der Waals surface area contributed by atoms with E-state index in [0.717, 1.165) is 20.1 Å². The van der Waals surface area contributed by atoms with Gasteiger partial charge in [-0.3, -0.25) is 4.90 Å². The van der Waals surface area contributed by atoms with E-state index in [1.165, 1.54) is 30.5 Å². The predicted molar refractivity (Wildman–Crippen MR) is 143 cm³/mol. The number of ether oxygens (including phenoxy) is 3. The van der Waals surface area contributed by atoms with Crippen LogP contribution in [0.1, 0.15) is 52.1 Å². The van der Waals surface area contributed by atoms with Gasteiger partial charge in [0.05, 0.1) is 15.8 Å². The zero-order valence-electron chi connectivity index (χ0n) is 21.7. The fourth-order valence-electron chi connectivity index (χ4n) is 2.64. The Balaban J connectivity index is 0.00000222. The Morgan fingerprint density at radius 1 is 1.19 bits per heavy atom. The van der Waals surface area contributed by atoms with E-state index in [9.17, 15) is 9.18 Å². The average molecular weight is 514 g/mol. The number of carbonyl (C=O) groups excluding carboxylic acids is 1. The molecule has 2 heterocycles. The second-order valence-electron chi connectivity index (χ2n) is 8.09. The Labute approximate surface area is 215 Å². The van der Waals surface area contributed by atoms with Crippen molar-refractivity contribution in [1.29, 1.82) is 0 Å². The van der Waals surface area contributed by atoms with E-state index in [1.807, 2.05) is 39.0 Å². The van der Waals surface area contributed by atoms with E-state index >= 15 is 0 Å². The van der Waals surface area contributed by atoms with Crippen LogP contribution in [0.2, 0.25) is 0 Å². The molecule has 0 bridgehead atoms. The van der Waals surface area contributed by atoms with E-state index in [2.05, 4.69) is 21.8 Å². The van der Waals surface area contributed by atoms with Gasteiger partial charge in [0.2, 0.25) is 5.95 Å². The minimum Gasteiger partial charge on any atom is -0.468 e. The van der Waals surface area contributed by atoms with Crippen molar-refractivity contribution in [1.82, 2.24) is 9.97 Å². The standard InChI is InChI=1S/C25H26FN3O4S.C2H6/c1-6-31-16-32-18-12-13-19-20(15-18)34-22(27-19)10-8-7-9-17-11-14-21(28-23(17)26)29(5)24(30)33-25(2,3)4;1-2/h8,10-15H,6,16H2,1-5H3;1-2H3/b10-8+;. The Bertz CT molecular complexity index is 1260. The molecule has 0 saturated carbocycles. The number of hydrogen-bond acceptors (Lipinski definition) is 7. The highest BCUT2D eigenvalue weighted by atomic mass is 32.1. The van der Waals surface area contributed by atoms with Crippen molar-refractivity contribution in [3.63, 3.8) is 0 Å². The maximum absolute atomic E-state index is 14.4. The smallest absolute Gasteiger partial charge is 0.415 e. The molecule has 2 aromatic heterocycles. The Hall–Kier alpha value is -3.48. The van der Waals surface area contributed by atoms with Gasteiger partial charge in [-0.25, -0.2) is 14.8 Å². The number of allylic oxidation sites excluding steroid dienone is 1. The highest BCUT2D eigenvalue weighted by Gasteiger charge is 2.21. The molecular formula is C27H32FN3O4S. The topological polar surface area (TPSA) is 73.8 Å². The van der Waals surface area contributed by atoms with Crippen molar-refractivity contribution in [2.45, 2.75) is 47.1 Å². The van der Waals surface area contributed by atoms with Crippen molar-refractivity contribution < 1.29 is 23.4 Å². The lowest BCUT2D eigenvalue weighted by Gasteiger charge is -2.24. The largest absolute Gasteiger partial charge is 0.468 e. The number of nitrogens with zero attached hydrogens (tertiary/aromatic N) is 3. The molecule has 1 aromatic carbocycles. The number of pyridine rings is 1. The molecule has 9 heteroatoms. The van der Waals surface area contributed by atoms with Gasteiger partial charge < -0.3 is 14.2 Å². The number of thiazole rings is 1. The van der Waals surface area contributed by atoms with Crippen LogP contribution in [0.4, 0.5) is 15.0 Å². The molecule has 0 spiro atoms. The third-order valence-electron chi connectivity index (χ3n) is 4.25. The molecule has 0 aliphatic rings. The van der Waals surface area contributed by atoms with Crippen LogP contribution < -0.4 is 9.64 Å². The summed E-state index contributed by atoms with van der Waals surface area (Å²) in [5, 5.41) is 0.763. The summed E-state index contributed by atoms with van der Waals surface area (Å²) in [4.78, 5) is 21.6. The van der Waals surface area contributed by atoms with Crippen LogP contribution in [0.15, 0.2) is 36.4 Å². The van der Waals surface area contributed by atoms with Gasteiger partial charge in [-0.1, -0.05) is 25.7 Å². The fourth-order valence-corrected chi connectivity index (χ4v) is 3.54. The quantitative estimate of drug-likeness (QED) is 0.159. The minimum absolute atomic E-state index is 0.117. The van der Waals surface area contributed by atoms with Crippen molar-refractivity contribution in [3.8, 4) is 17.6 Å². The second kappa shape index (κ2) is 13.6. The summed E-state index contributed by atoms with van der Waals surface area (Å²) in [6.45, 7) is 12.0. The maximum Gasteiger partial charge on any atom is 0.415 e. The van der Waals surface area contributed by atoms with Crippen LogP contribution in [0.25, 0.3) is 16.3 Å². The molecule has 0 aliphatic heterocycles. The SMILES string of the molecule is CC.CCOCOc1ccc2nc(/C=C/C#Cc3ccc(N(C)C(=O)OC(C)(C)C)nc3F)sc2c1. The van der Waals surface area contributed by atoms with E-state index in [4.69, 9.17) is 14.2 Å². The van der Waals surface area contributed by atoms with Gasteiger partial charge in [0.25, 0.3) is 0 Å². The van der Waals surface area contributed by atoms with Crippen molar-refractivity contribution in [2.24, 2.45) is 0 Å². The lowest BCUT2D eigenvalue weighted by molar-refractivity contribution is 0.0225. The van der Waals surface area contributed by atoms with Crippen molar-refractivity contribution in [2.75, 3.05) is 25.3 Å². The van der Waals surface area contributed by atoms with E-state index < -0.39 is 17.6 Å². The number of halogens is 1. The van der Waals surface area contributed by atoms with E-state index in [0.29, 0.717) is 12.4 Å². The highest BCUT2D eigenvalue weighted by molar-refractivity contribution is 7.19. The summed E-state index contributed by atoms with van der Waals surface area (Å²) < 4.78 is 31.4. The number of amides is 1. The summed E-state index contributed by atoms with van der Waals surface area (Å²) in [7, 11) is 1.47. The molecule has 7 nitrogen and oxygen atoms in total. The summed E-state index contributed by atoms with van der Waals surface area (Å²) in [5.41, 5.74) is 0.303. The number of fused-ring (bicyclic) bond motifs is 1. The zero-order valence-corrected chi connectivity index (χ0v) is 22.5. The first kappa shape index (κ1) is 28.8. The van der Waals surface area contributed by atoms with Crippen LogP contribution in [-0.4, -0.2) is 42.1 Å². The van der Waals surface area contributed by atoms with Crippen LogP contribution in [0.3, 0.4) is 0 Å². The summed E-state index contributed by atoms with van der Waals surface area (Å²) >= 11 is 1.49. The van der Waals surface area contributed by atoms with Crippen LogP contribution in [0.5, 0.6) is 5.75 Å². The van der Waals surface area contributed by atoms with Gasteiger partial charge in [-0.15, -0.1) is 11.3 Å². The average Bonchev–Trinajstić information content (AvgIpc) is 3.24. The monoisotopic (exact) mass is 513 g/mol. The number of aromatic nitrogens is 2. The molecule has 36 heavy (non-hydrogen) atoms. The molecule has 0 fully saturated rings. The first-order chi connectivity index (χ1) is 17.2. The normalized spacial score (nSPS) is 10.9. The number of carbonyl (C=O) groups is 1. The lowest BCUT2D eigenvalue weighted by atomic mass is 10.2. The van der Waals surface area contributed by atoms with E-state index in [-0.39, 0.29) is 18.2 Å². The van der Waals surface area contributed by atoms with Gasteiger partial charge in [0.1, 0.15) is 22.2 Å². The third kappa shape index (κ3) is 8.63. The van der Waals surface area contributed by atoms with E-state index in [1.54, 1.807) is 32.9 Å². The van der Waals surface area contributed by atoms with Gasteiger partial charge >= 0.3 is 6.09 Å². The predicted octanol–water partition coefficient (Wildman–Crippen LogP) is 6.67. The summed E-state index contributed by atoms with van der Waals surface area (Å²) in [5.74, 6) is 5.59. The van der Waals surface area contributed by atoms with Gasteiger partial charge in [0, 0.05) is 13.7 Å². The molecule has 0 atom stereocenters. The Morgan fingerprint density at radius 3 is 2.61 bits per heavy atom. The molecule has 0 N–H and O–H groups in total. The number of hydrogen-bond donors (Lipinski definition) is 0. The molecule has 0 aliphatic carbocycles. The Kier molecular flexibility index (Phi) is 10.8. The number of benzene rings is 1. The highest BCUT2D eigenvalue weighted by Crippen LogP contribution is 2.27. The molecule has 0 radical (unpaired) electrons. The van der Waals surface area contributed by atoms with Crippen molar-refractivity contribution >= 4 is 39.5 Å². The zero-order chi connectivity index (χ0) is 26.7. The molecular weight excluding hydrogens is 481 g/mol. The van der Waals surface area contributed by atoms with Crippen LogP contribution in [-0.2, 0) is 9.47 Å². The summed E-state index contributed by atoms with van der Waals surface area (Å²) in [6, 6.07) is 8.62. The van der Waals surface area contributed by atoms with Gasteiger partial charge in [-0.2, -0.15) is 4.39 Å². The number of anilines is 1. The van der Waals surface area contributed by atoms with Crippen LogP contribution in [0, 0.1) is 17.8 Å². The number of rotatable bonds is 6. The fraction of sp³-hybridized carbons (Fsp3) is 0.370. The first-order valence-corrected chi connectivity index (χ1v) is 12.4. The molecule has 3 aromatic rings. The maximum atomic E-state index is 14.4. The minimum atomic E-state index is -0.770. The third-order valence-corrected chi connectivity index (χ3v) is 5.23. The molecule has 0 unspecified atom stereocenters.